The topological polar surface area (TPSA) is 57.8 Å². The number of aromatic amines is 1. The molecule has 2 N–H and O–H groups in total. The number of hydrogen-bond donors (Lipinski definition) is 2. The van der Waals surface area contributed by atoms with Crippen LogP contribution in [0, 0.1) is 5.92 Å². The zero-order valence-electron chi connectivity index (χ0n) is 12.6. The molecule has 0 saturated heterocycles. The van der Waals surface area contributed by atoms with Crippen molar-refractivity contribution in [2.75, 3.05) is 0 Å². The number of aromatic nitrogens is 2. The molecule has 0 bridgehead atoms. The minimum absolute atomic E-state index is 0.00333. The van der Waals surface area contributed by atoms with E-state index in [9.17, 15) is 4.79 Å². The third-order valence-corrected chi connectivity index (χ3v) is 5.09. The lowest BCUT2D eigenvalue weighted by atomic mass is 10.0. The van der Waals surface area contributed by atoms with E-state index in [4.69, 9.17) is 0 Å². The standard InChI is InChI=1S/C15H20BrN3OS/c1-8(2)12(10-6-5-7-21-10)17-15(20)14-11(16)13(9(3)4)18-19-14/h5-9,12H,1-4H3,(H,17,20)(H,18,19). The van der Waals surface area contributed by atoms with Gasteiger partial charge in [0, 0.05) is 4.88 Å². The molecule has 0 saturated carbocycles. The number of nitrogens with one attached hydrogen (secondary N) is 2. The van der Waals surface area contributed by atoms with E-state index in [0.29, 0.717) is 11.6 Å². The van der Waals surface area contributed by atoms with Gasteiger partial charge in [-0.1, -0.05) is 33.8 Å². The lowest BCUT2D eigenvalue weighted by Gasteiger charge is -2.20. The molecule has 1 unspecified atom stereocenters. The molecular formula is C15H20BrN3OS. The summed E-state index contributed by atoms with van der Waals surface area (Å²) in [6.45, 7) is 8.32. The number of carbonyl (C=O) groups excluding carboxylic acids is 1. The summed E-state index contributed by atoms with van der Waals surface area (Å²) in [5.74, 6) is 0.443. The van der Waals surface area contributed by atoms with Crippen LogP contribution in [0.5, 0.6) is 0 Å². The summed E-state index contributed by atoms with van der Waals surface area (Å²) < 4.78 is 0.753. The predicted octanol–water partition coefficient (Wildman–Crippen LogP) is 4.48. The molecule has 1 atom stereocenters. The van der Waals surface area contributed by atoms with Crippen molar-refractivity contribution < 1.29 is 4.79 Å². The SMILES string of the molecule is CC(C)c1[nH]nc(C(=O)NC(c2cccs2)C(C)C)c1Br. The van der Waals surface area contributed by atoms with E-state index in [1.165, 1.54) is 0 Å². The highest BCUT2D eigenvalue weighted by molar-refractivity contribution is 9.10. The average Bonchev–Trinajstić information content (AvgIpc) is 3.04. The van der Waals surface area contributed by atoms with Gasteiger partial charge in [0.25, 0.3) is 5.91 Å². The maximum Gasteiger partial charge on any atom is 0.273 e. The lowest BCUT2D eigenvalue weighted by molar-refractivity contribution is 0.0920. The quantitative estimate of drug-likeness (QED) is 0.815. The van der Waals surface area contributed by atoms with Gasteiger partial charge in [0.15, 0.2) is 5.69 Å². The molecule has 0 aliphatic heterocycles. The smallest absolute Gasteiger partial charge is 0.273 e. The van der Waals surface area contributed by atoms with E-state index < -0.39 is 0 Å². The lowest BCUT2D eigenvalue weighted by Crippen LogP contribution is -2.31. The van der Waals surface area contributed by atoms with Crippen LogP contribution in [0.3, 0.4) is 0 Å². The van der Waals surface area contributed by atoms with E-state index in [0.717, 1.165) is 15.0 Å². The predicted molar refractivity (Wildman–Crippen MR) is 89.7 cm³/mol. The van der Waals surface area contributed by atoms with Gasteiger partial charge in [-0.3, -0.25) is 9.89 Å². The van der Waals surface area contributed by atoms with Crippen molar-refractivity contribution in [1.29, 1.82) is 0 Å². The second-order valence-corrected chi connectivity index (χ2v) is 7.44. The first-order chi connectivity index (χ1) is 9.91. The number of H-pyrrole nitrogens is 1. The molecule has 2 rings (SSSR count). The van der Waals surface area contributed by atoms with Crippen LogP contribution in [0.25, 0.3) is 0 Å². The van der Waals surface area contributed by atoms with Gasteiger partial charge in [-0.25, -0.2) is 0 Å². The minimum Gasteiger partial charge on any atom is -0.343 e. The monoisotopic (exact) mass is 369 g/mol. The van der Waals surface area contributed by atoms with Crippen LogP contribution < -0.4 is 5.32 Å². The van der Waals surface area contributed by atoms with E-state index in [2.05, 4.69) is 65.2 Å². The summed E-state index contributed by atoms with van der Waals surface area (Å²) in [5.41, 5.74) is 1.36. The summed E-state index contributed by atoms with van der Waals surface area (Å²) in [7, 11) is 0. The normalized spacial score (nSPS) is 12.9. The fourth-order valence-corrected chi connectivity index (χ4v) is 3.88. The first-order valence-electron chi connectivity index (χ1n) is 6.99. The maximum atomic E-state index is 12.5. The Morgan fingerprint density at radius 3 is 2.57 bits per heavy atom. The Bertz CT molecular complexity index is 604. The molecule has 21 heavy (non-hydrogen) atoms. The summed E-state index contributed by atoms with van der Waals surface area (Å²) in [6.07, 6.45) is 0. The zero-order valence-corrected chi connectivity index (χ0v) is 15.0. The summed E-state index contributed by atoms with van der Waals surface area (Å²) >= 11 is 5.13. The molecule has 6 heteroatoms. The summed E-state index contributed by atoms with van der Waals surface area (Å²) in [5, 5.41) is 12.2. The first kappa shape index (κ1) is 16.2. The molecule has 1 amide bonds. The Labute approximate surface area is 137 Å². The Morgan fingerprint density at radius 2 is 2.10 bits per heavy atom. The van der Waals surface area contributed by atoms with Gasteiger partial charge in [0.05, 0.1) is 16.2 Å². The molecule has 2 aromatic rings. The molecular weight excluding hydrogens is 350 g/mol. The Balaban J connectivity index is 2.20. The highest BCUT2D eigenvalue weighted by atomic mass is 79.9. The van der Waals surface area contributed by atoms with Crippen LogP contribution in [-0.4, -0.2) is 16.1 Å². The second kappa shape index (κ2) is 6.75. The molecule has 0 spiro atoms. The number of thiophene rings is 1. The fraction of sp³-hybridized carbons (Fsp3) is 0.467. The molecule has 0 fully saturated rings. The van der Waals surface area contributed by atoms with E-state index >= 15 is 0 Å². The number of nitrogens with zero attached hydrogens (tertiary/aromatic N) is 1. The molecule has 0 aliphatic carbocycles. The van der Waals surface area contributed by atoms with Gasteiger partial charge in [-0.15, -0.1) is 11.3 Å². The van der Waals surface area contributed by atoms with E-state index in [1.807, 2.05) is 11.4 Å². The molecule has 0 radical (unpaired) electrons. The average molecular weight is 370 g/mol. The van der Waals surface area contributed by atoms with Crippen molar-refractivity contribution >= 4 is 33.2 Å². The summed E-state index contributed by atoms with van der Waals surface area (Å²) in [6, 6.07) is 4.06. The van der Waals surface area contributed by atoms with Gasteiger partial charge in [0.1, 0.15) is 0 Å². The second-order valence-electron chi connectivity index (χ2n) is 5.67. The molecule has 2 heterocycles. The highest BCUT2D eigenvalue weighted by Gasteiger charge is 2.24. The van der Waals surface area contributed by atoms with Gasteiger partial charge in [-0.05, 0) is 39.2 Å². The fourth-order valence-electron chi connectivity index (χ4n) is 2.12. The minimum atomic E-state index is -0.155. The van der Waals surface area contributed by atoms with Gasteiger partial charge >= 0.3 is 0 Å². The Hall–Kier alpha value is -1.14. The Kier molecular flexibility index (Phi) is 5.22. The Morgan fingerprint density at radius 1 is 1.38 bits per heavy atom. The maximum absolute atomic E-state index is 12.5. The molecule has 0 aromatic carbocycles. The zero-order chi connectivity index (χ0) is 15.6. The van der Waals surface area contributed by atoms with Crippen LogP contribution in [0.2, 0.25) is 0 Å². The molecule has 114 valence electrons. The number of rotatable bonds is 5. The van der Waals surface area contributed by atoms with Gasteiger partial charge < -0.3 is 5.32 Å². The van der Waals surface area contributed by atoms with Crippen LogP contribution in [0.4, 0.5) is 0 Å². The van der Waals surface area contributed by atoms with Crippen molar-refractivity contribution in [2.45, 2.75) is 39.7 Å². The third kappa shape index (κ3) is 3.55. The van der Waals surface area contributed by atoms with Crippen molar-refractivity contribution in [3.05, 3.63) is 38.3 Å². The van der Waals surface area contributed by atoms with Crippen LogP contribution >= 0.6 is 27.3 Å². The molecule has 4 nitrogen and oxygen atoms in total. The van der Waals surface area contributed by atoms with E-state index in [-0.39, 0.29) is 17.9 Å². The highest BCUT2D eigenvalue weighted by Crippen LogP contribution is 2.28. The number of halogens is 1. The molecule has 0 aliphatic rings. The van der Waals surface area contributed by atoms with Gasteiger partial charge in [0.2, 0.25) is 0 Å². The van der Waals surface area contributed by atoms with Crippen molar-refractivity contribution in [3.63, 3.8) is 0 Å². The number of amides is 1. The largest absolute Gasteiger partial charge is 0.343 e. The summed E-state index contributed by atoms with van der Waals surface area (Å²) in [4.78, 5) is 13.7. The van der Waals surface area contributed by atoms with Crippen LogP contribution in [0.15, 0.2) is 22.0 Å². The first-order valence-corrected chi connectivity index (χ1v) is 8.67. The van der Waals surface area contributed by atoms with Crippen LogP contribution in [0.1, 0.15) is 60.7 Å². The van der Waals surface area contributed by atoms with Crippen LogP contribution in [-0.2, 0) is 0 Å². The number of carbonyl (C=O) groups is 1. The van der Waals surface area contributed by atoms with Crippen molar-refractivity contribution in [1.82, 2.24) is 15.5 Å². The third-order valence-electron chi connectivity index (χ3n) is 3.33. The molecule has 2 aromatic heterocycles. The number of hydrogen-bond acceptors (Lipinski definition) is 3. The van der Waals surface area contributed by atoms with Gasteiger partial charge in [-0.2, -0.15) is 5.10 Å². The van der Waals surface area contributed by atoms with Crippen molar-refractivity contribution in [2.24, 2.45) is 5.92 Å². The van der Waals surface area contributed by atoms with E-state index in [1.54, 1.807) is 11.3 Å². The van der Waals surface area contributed by atoms with Crippen molar-refractivity contribution in [3.8, 4) is 0 Å².